The highest BCUT2D eigenvalue weighted by Crippen LogP contribution is 2.27. The molecule has 3 rings (SSSR count). The number of para-hydroxylation sites is 2. The number of hydrogen-bond donors (Lipinski definition) is 2. The number of aromatic nitrogens is 1. The number of hydrogen-bond acceptors (Lipinski definition) is 3. The Morgan fingerprint density at radius 3 is 2.56 bits per heavy atom. The van der Waals surface area contributed by atoms with Crippen molar-refractivity contribution < 1.29 is 14.3 Å². The predicted molar refractivity (Wildman–Crippen MR) is 107 cm³/mol. The van der Waals surface area contributed by atoms with Gasteiger partial charge in [0.25, 0.3) is 5.91 Å². The average molecular weight is 364 g/mol. The summed E-state index contributed by atoms with van der Waals surface area (Å²) >= 11 is 0. The van der Waals surface area contributed by atoms with E-state index >= 15 is 0 Å². The molecule has 1 heterocycles. The summed E-state index contributed by atoms with van der Waals surface area (Å²) in [6.45, 7) is 5.80. The normalized spacial score (nSPS) is 13.1. The lowest BCUT2D eigenvalue weighted by atomic mass is 9.97. The first kappa shape index (κ1) is 18.7. The molecule has 0 aliphatic heterocycles. The molecule has 0 saturated carbocycles. The van der Waals surface area contributed by atoms with Gasteiger partial charge in [0, 0.05) is 22.8 Å². The summed E-state index contributed by atoms with van der Waals surface area (Å²) in [5, 5.41) is 3.66. The van der Waals surface area contributed by atoms with E-state index in [2.05, 4.69) is 24.1 Å². The molecule has 3 aromatic rings. The number of esters is 1. The molecule has 0 unspecified atom stereocenters. The third-order valence-electron chi connectivity index (χ3n) is 4.82. The SMILES string of the molecule is CC[C@H](C)c1ccccc1NC(=O)[C@@H](C)OC(=O)c1c[nH]c2ccccc12. The zero-order valence-electron chi connectivity index (χ0n) is 15.8. The van der Waals surface area contributed by atoms with Crippen LogP contribution < -0.4 is 5.32 Å². The predicted octanol–water partition coefficient (Wildman–Crippen LogP) is 4.87. The number of anilines is 1. The monoisotopic (exact) mass is 364 g/mol. The Hall–Kier alpha value is -3.08. The molecule has 27 heavy (non-hydrogen) atoms. The lowest BCUT2D eigenvalue weighted by Gasteiger charge is -2.18. The Balaban J connectivity index is 1.70. The number of aromatic amines is 1. The molecule has 0 fully saturated rings. The van der Waals surface area contributed by atoms with Gasteiger partial charge in [-0.2, -0.15) is 0 Å². The summed E-state index contributed by atoms with van der Waals surface area (Å²) in [5.74, 6) is -0.546. The highest BCUT2D eigenvalue weighted by molar-refractivity contribution is 6.05. The summed E-state index contributed by atoms with van der Waals surface area (Å²) in [7, 11) is 0. The number of carbonyl (C=O) groups excluding carboxylic acids is 2. The van der Waals surface area contributed by atoms with Crippen LogP contribution in [0.3, 0.4) is 0 Å². The summed E-state index contributed by atoms with van der Waals surface area (Å²) in [4.78, 5) is 28.1. The van der Waals surface area contributed by atoms with Crippen molar-refractivity contribution in [2.75, 3.05) is 5.32 Å². The Morgan fingerprint density at radius 1 is 1.07 bits per heavy atom. The fourth-order valence-electron chi connectivity index (χ4n) is 3.01. The maximum atomic E-state index is 12.5. The van der Waals surface area contributed by atoms with E-state index in [-0.39, 0.29) is 5.91 Å². The number of ether oxygens (including phenoxy) is 1. The molecule has 1 amide bonds. The first-order valence-corrected chi connectivity index (χ1v) is 9.18. The van der Waals surface area contributed by atoms with Gasteiger partial charge in [0.05, 0.1) is 5.56 Å². The van der Waals surface area contributed by atoms with Crippen LogP contribution in [0.2, 0.25) is 0 Å². The van der Waals surface area contributed by atoms with Crippen molar-refractivity contribution in [3.05, 3.63) is 65.9 Å². The van der Waals surface area contributed by atoms with Gasteiger partial charge in [-0.15, -0.1) is 0 Å². The van der Waals surface area contributed by atoms with E-state index in [4.69, 9.17) is 4.74 Å². The second kappa shape index (κ2) is 8.08. The number of amides is 1. The topological polar surface area (TPSA) is 71.2 Å². The van der Waals surface area contributed by atoms with Crippen molar-refractivity contribution in [3.8, 4) is 0 Å². The Morgan fingerprint density at radius 2 is 1.78 bits per heavy atom. The van der Waals surface area contributed by atoms with Crippen molar-refractivity contribution in [1.82, 2.24) is 4.98 Å². The standard InChI is InChI=1S/C22H24N2O3/c1-4-14(2)16-9-5-8-12-20(16)24-21(25)15(3)27-22(26)18-13-23-19-11-7-6-10-17(18)19/h5-15,23H,4H2,1-3H3,(H,24,25)/t14-,15+/m0/s1. The molecule has 0 saturated heterocycles. The third-order valence-corrected chi connectivity index (χ3v) is 4.82. The number of benzene rings is 2. The first-order valence-electron chi connectivity index (χ1n) is 9.18. The van der Waals surface area contributed by atoms with Crippen molar-refractivity contribution in [2.45, 2.75) is 39.2 Å². The lowest BCUT2D eigenvalue weighted by Crippen LogP contribution is -2.30. The summed E-state index contributed by atoms with van der Waals surface area (Å²) in [6, 6.07) is 15.2. The number of nitrogens with one attached hydrogen (secondary N) is 2. The van der Waals surface area contributed by atoms with Gasteiger partial charge in [0.2, 0.25) is 0 Å². The molecule has 1 aromatic heterocycles. The minimum absolute atomic E-state index is 0.325. The highest BCUT2D eigenvalue weighted by atomic mass is 16.5. The molecular formula is C22H24N2O3. The Bertz CT molecular complexity index is 961. The Labute approximate surface area is 158 Å². The summed E-state index contributed by atoms with van der Waals surface area (Å²) < 4.78 is 5.39. The number of rotatable bonds is 6. The van der Waals surface area contributed by atoms with Crippen LogP contribution in [0, 0.1) is 0 Å². The largest absolute Gasteiger partial charge is 0.449 e. The molecule has 2 aromatic carbocycles. The molecule has 2 atom stereocenters. The fourth-order valence-corrected chi connectivity index (χ4v) is 3.01. The molecule has 140 valence electrons. The maximum Gasteiger partial charge on any atom is 0.341 e. The molecular weight excluding hydrogens is 340 g/mol. The lowest BCUT2D eigenvalue weighted by molar-refractivity contribution is -0.123. The number of fused-ring (bicyclic) bond motifs is 1. The van der Waals surface area contributed by atoms with Crippen molar-refractivity contribution in [2.24, 2.45) is 0 Å². The fraction of sp³-hybridized carbons (Fsp3) is 0.273. The highest BCUT2D eigenvalue weighted by Gasteiger charge is 2.22. The zero-order chi connectivity index (χ0) is 19.4. The molecule has 5 heteroatoms. The van der Waals surface area contributed by atoms with E-state index in [1.54, 1.807) is 13.1 Å². The smallest absolute Gasteiger partial charge is 0.341 e. The van der Waals surface area contributed by atoms with E-state index in [9.17, 15) is 9.59 Å². The third kappa shape index (κ3) is 4.03. The van der Waals surface area contributed by atoms with Crippen molar-refractivity contribution >= 4 is 28.5 Å². The quantitative estimate of drug-likeness (QED) is 0.613. The van der Waals surface area contributed by atoms with Crippen LogP contribution >= 0.6 is 0 Å². The van der Waals surface area contributed by atoms with Gasteiger partial charge in [-0.05, 0) is 37.0 Å². The number of H-pyrrole nitrogens is 1. The maximum absolute atomic E-state index is 12.5. The second-order valence-corrected chi connectivity index (χ2v) is 6.68. The average Bonchev–Trinajstić information content (AvgIpc) is 3.12. The summed E-state index contributed by atoms with van der Waals surface area (Å²) in [6.07, 6.45) is 1.67. The van der Waals surface area contributed by atoms with Crippen LogP contribution in [0.15, 0.2) is 54.7 Å². The molecule has 5 nitrogen and oxygen atoms in total. The van der Waals surface area contributed by atoms with Gasteiger partial charge in [0.1, 0.15) is 0 Å². The van der Waals surface area contributed by atoms with Gasteiger partial charge in [0.15, 0.2) is 6.10 Å². The van der Waals surface area contributed by atoms with E-state index in [0.717, 1.165) is 28.6 Å². The van der Waals surface area contributed by atoms with Crippen molar-refractivity contribution in [1.29, 1.82) is 0 Å². The molecule has 0 aliphatic rings. The number of carbonyl (C=O) groups is 2. The van der Waals surface area contributed by atoms with Crippen LogP contribution in [0.1, 0.15) is 49.0 Å². The first-order chi connectivity index (χ1) is 13.0. The van der Waals surface area contributed by atoms with Gasteiger partial charge in [-0.25, -0.2) is 4.79 Å². The molecule has 2 N–H and O–H groups in total. The molecule has 0 aliphatic carbocycles. The minimum Gasteiger partial charge on any atom is -0.449 e. The van der Waals surface area contributed by atoms with Crippen LogP contribution in [0.4, 0.5) is 5.69 Å². The second-order valence-electron chi connectivity index (χ2n) is 6.68. The van der Waals surface area contributed by atoms with E-state index in [1.807, 2.05) is 48.5 Å². The van der Waals surface area contributed by atoms with Crippen LogP contribution in [-0.2, 0) is 9.53 Å². The van der Waals surface area contributed by atoms with Gasteiger partial charge in [-0.3, -0.25) is 4.79 Å². The zero-order valence-corrected chi connectivity index (χ0v) is 15.8. The van der Waals surface area contributed by atoms with Gasteiger partial charge >= 0.3 is 5.97 Å². The van der Waals surface area contributed by atoms with Crippen LogP contribution in [0.5, 0.6) is 0 Å². The van der Waals surface area contributed by atoms with E-state index in [0.29, 0.717) is 11.5 Å². The molecule has 0 spiro atoms. The van der Waals surface area contributed by atoms with E-state index < -0.39 is 12.1 Å². The van der Waals surface area contributed by atoms with Crippen molar-refractivity contribution in [3.63, 3.8) is 0 Å². The van der Waals surface area contributed by atoms with E-state index in [1.165, 1.54) is 0 Å². The molecule has 0 radical (unpaired) electrons. The van der Waals surface area contributed by atoms with Crippen LogP contribution in [0.25, 0.3) is 10.9 Å². The summed E-state index contributed by atoms with van der Waals surface area (Å²) in [5.41, 5.74) is 3.10. The van der Waals surface area contributed by atoms with Gasteiger partial charge in [-0.1, -0.05) is 50.2 Å². The Kier molecular flexibility index (Phi) is 5.60. The minimum atomic E-state index is -0.906. The van der Waals surface area contributed by atoms with Crippen LogP contribution in [-0.4, -0.2) is 23.0 Å². The molecule has 0 bridgehead atoms. The van der Waals surface area contributed by atoms with Gasteiger partial charge < -0.3 is 15.0 Å².